The van der Waals surface area contributed by atoms with Gasteiger partial charge in [0.15, 0.2) is 0 Å². The summed E-state index contributed by atoms with van der Waals surface area (Å²) in [4.78, 5) is 18.2. The van der Waals surface area contributed by atoms with Crippen molar-refractivity contribution in [1.82, 2.24) is 14.5 Å². The van der Waals surface area contributed by atoms with Gasteiger partial charge in [0.05, 0.1) is 5.56 Å². The molecule has 0 aliphatic rings. The van der Waals surface area contributed by atoms with Gasteiger partial charge in [-0.05, 0) is 19.9 Å². The second-order valence-electron chi connectivity index (χ2n) is 4.03. The Morgan fingerprint density at radius 1 is 1.53 bits per heavy atom. The first-order valence-corrected chi connectivity index (χ1v) is 5.48. The number of carbonyl (C=O) groups is 1. The van der Waals surface area contributed by atoms with Crippen molar-refractivity contribution in [2.24, 2.45) is 0 Å². The van der Waals surface area contributed by atoms with Crippen LogP contribution in [-0.2, 0) is 13.0 Å². The van der Waals surface area contributed by atoms with E-state index in [1.54, 1.807) is 18.5 Å². The van der Waals surface area contributed by atoms with Gasteiger partial charge in [0.2, 0.25) is 0 Å². The minimum Gasteiger partial charge on any atom is -0.478 e. The Labute approximate surface area is 99.1 Å². The largest absolute Gasteiger partial charge is 0.478 e. The lowest BCUT2D eigenvalue weighted by atomic mass is 10.2. The first kappa shape index (κ1) is 11.4. The number of hydrogen-bond acceptors (Lipinski definition) is 2. The second kappa shape index (κ2) is 4.45. The van der Waals surface area contributed by atoms with Gasteiger partial charge in [0, 0.05) is 36.7 Å². The van der Waals surface area contributed by atoms with E-state index in [1.165, 1.54) is 0 Å². The van der Waals surface area contributed by atoms with Crippen molar-refractivity contribution in [2.75, 3.05) is 0 Å². The van der Waals surface area contributed by atoms with E-state index in [9.17, 15) is 4.79 Å². The third kappa shape index (κ3) is 2.22. The molecule has 90 valence electrons. The standard InChI is InChI=1S/C12H15N3O2/c1-8-7-10(12(16)17)9(2)15(8)6-3-11-13-4-5-14-11/h4-5,7H,3,6H2,1-2H3,(H,13,14)(H,16,17). The third-order valence-electron chi connectivity index (χ3n) is 2.93. The molecule has 2 rings (SSSR count). The number of carboxylic acids is 1. The van der Waals surface area contributed by atoms with E-state index in [0.717, 1.165) is 30.2 Å². The quantitative estimate of drug-likeness (QED) is 0.845. The number of rotatable bonds is 4. The van der Waals surface area contributed by atoms with E-state index < -0.39 is 5.97 Å². The molecule has 0 unspecified atom stereocenters. The smallest absolute Gasteiger partial charge is 0.337 e. The Hall–Kier alpha value is -2.04. The maximum absolute atomic E-state index is 11.0. The van der Waals surface area contributed by atoms with Crippen LogP contribution in [-0.4, -0.2) is 25.6 Å². The first-order chi connectivity index (χ1) is 8.09. The van der Waals surface area contributed by atoms with Gasteiger partial charge >= 0.3 is 5.97 Å². The Kier molecular flexibility index (Phi) is 2.99. The van der Waals surface area contributed by atoms with Crippen LogP contribution in [0.4, 0.5) is 0 Å². The lowest BCUT2D eigenvalue weighted by Gasteiger charge is -2.08. The molecule has 0 aliphatic carbocycles. The fourth-order valence-corrected chi connectivity index (χ4v) is 2.01. The fraction of sp³-hybridized carbons (Fsp3) is 0.333. The molecule has 2 aromatic heterocycles. The molecule has 2 N–H and O–H groups in total. The van der Waals surface area contributed by atoms with Crippen LogP contribution in [0.15, 0.2) is 18.5 Å². The highest BCUT2D eigenvalue weighted by Gasteiger charge is 2.14. The SMILES string of the molecule is Cc1cc(C(=O)O)c(C)n1CCc1ncc[nH]1. The summed E-state index contributed by atoms with van der Waals surface area (Å²) in [5.74, 6) is 0.0386. The summed E-state index contributed by atoms with van der Waals surface area (Å²) < 4.78 is 2.01. The summed E-state index contributed by atoms with van der Waals surface area (Å²) in [7, 11) is 0. The summed E-state index contributed by atoms with van der Waals surface area (Å²) in [6.07, 6.45) is 4.27. The number of aromatic nitrogens is 3. The van der Waals surface area contributed by atoms with Gasteiger partial charge in [-0.15, -0.1) is 0 Å². The molecule has 5 nitrogen and oxygen atoms in total. The Morgan fingerprint density at radius 2 is 2.29 bits per heavy atom. The van der Waals surface area contributed by atoms with Crippen LogP contribution in [0.3, 0.4) is 0 Å². The average Bonchev–Trinajstić information content (AvgIpc) is 2.86. The number of nitrogens with one attached hydrogen (secondary N) is 1. The molecule has 0 bridgehead atoms. The average molecular weight is 233 g/mol. The number of nitrogens with zero attached hydrogens (tertiary/aromatic N) is 2. The molecule has 0 aliphatic heterocycles. The molecule has 0 aromatic carbocycles. The molecule has 0 saturated carbocycles. The zero-order chi connectivity index (χ0) is 12.4. The summed E-state index contributed by atoms with van der Waals surface area (Å²) in [5, 5.41) is 9.02. The lowest BCUT2D eigenvalue weighted by Crippen LogP contribution is -2.07. The van der Waals surface area contributed by atoms with Crippen LogP contribution in [0.25, 0.3) is 0 Å². The molecule has 0 saturated heterocycles. The van der Waals surface area contributed by atoms with Gasteiger partial charge in [-0.3, -0.25) is 0 Å². The molecular formula is C12H15N3O2. The van der Waals surface area contributed by atoms with Gasteiger partial charge in [0.1, 0.15) is 5.82 Å². The van der Waals surface area contributed by atoms with Gasteiger partial charge in [-0.25, -0.2) is 9.78 Å². The molecular weight excluding hydrogens is 218 g/mol. The Morgan fingerprint density at radius 3 is 2.82 bits per heavy atom. The number of aryl methyl sites for hydroxylation is 2. The van der Waals surface area contributed by atoms with Crippen LogP contribution in [0, 0.1) is 13.8 Å². The third-order valence-corrected chi connectivity index (χ3v) is 2.93. The number of H-pyrrole nitrogens is 1. The van der Waals surface area contributed by atoms with Gasteiger partial charge in [0.25, 0.3) is 0 Å². The normalized spacial score (nSPS) is 10.7. The number of carboxylic acid groups (broad SMARTS) is 1. The zero-order valence-electron chi connectivity index (χ0n) is 9.90. The second-order valence-corrected chi connectivity index (χ2v) is 4.03. The van der Waals surface area contributed by atoms with Crippen LogP contribution in [0.1, 0.15) is 27.6 Å². The van der Waals surface area contributed by atoms with Crippen molar-refractivity contribution >= 4 is 5.97 Å². The van der Waals surface area contributed by atoms with Crippen molar-refractivity contribution in [3.63, 3.8) is 0 Å². The highest BCUT2D eigenvalue weighted by molar-refractivity contribution is 5.89. The topological polar surface area (TPSA) is 70.9 Å². The maximum Gasteiger partial charge on any atom is 0.337 e. The van der Waals surface area contributed by atoms with Gasteiger partial charge < -0.3 is 14.7 Å². The van der Waals surface area contributed by atoms with E-state index in [-0.39, 0.29) is 0 Å². The number of aromatic amines is 1. The maximum atomic E-state index is 11.0. The molecule has 0 fully saturated rings. The Bertz CT molecular complexity index is 526. The van der Waals surface area contributed by atoms with Crippen molar-refractivity contribution in [1.29, 1.82) is 0 Å². The molecule has 0 atom stereocenters. The van der Waals surface area contributed by atoms with Crippen LogP contribution in [0.2, 0.25) is 0 Å². The van der Waals surface area contributed by atoms with E-state index in [0.29, 0.717) is 5.56 Å². The highest BCUT2D eigenvalue weighted by Crippen LogP contribution is 2.15. The molecule has 0 spiro atoms. The minimum atomic E-state index is -0.873. The monoisotopic (exact) mass is 233 g/mol. The number of imidazole rings is 1. The summed E-state index contributed by atoms with van der Waals surface area (Å²) in [6, 6.07) is 1.71. The van der Waals surface area contributed by atoms with Gasteiger partial charge in [-0.2, -0.15) is 0 Å². The van der Waals surface area contributed by atoms with Crippen molar-refractivity contribution in [2.45, 2.75) is 26.8 Å². The number of aromatic carboxylic acids is 1. The molecule has 2 aromatic rings. The molecule has 17 heavy (non-hydrogen) atoms. The number of hydrogen-bond donors (Lipinski definition) is 2. The highest BCUT2D eigenvalue weighted by atomic mass is 16.4. The summed E-state index contributed by atoms with van der Waals surface area (Å²) in [6.45, 7) is 4.48. The van der Waals surface area contributed by atoms with E-state index in [2.05, 4.69) is 9.97 Å². The molecule has 2 heterocycles. The van der Waals surface area contributed by atoms with Crippen LogP contribution in [0.5, 0.6) is 0 Å². The Balaban J connectivity index is 2.18. The van der Waals surface area contributed by atoms with Crippen LogP contribution >= 0.6 is 0 Å². The summed E-state index contributed by atoms with van der Waals surface area (Å²) >= 11 is 0. The lowest BCUT2D eigenvalue weighted by molar-refractivity contribution is 0.0696. The molecule has 5 heteroatoms. The predicted molar refractivity (Wildman–Crippen MR) is 63.2 cm³/mol. The van der Waals surface area contributed by atoms with E-state index in [1.807, 2.05) is 18.4 Å². The summed E-state index contributed by atoms with van der Waals surface area (Å²) in [5.41, 5.74) is 2.13. The fourth-order valence-electron chi connectivity index (χ4n) is 2.01. The first-order valence-electron chi connectivity index (χ1n) is 5.48. The van der Waals surface area contributed by atoms with Crippen LogP contribution < -0.4 is 0 Å². The zero-order valence-corrected chi connectivity index (χ0v) is 9.90. The van der Waals surface area contributed by atoms with Crippen molar-refractivity contribution in [3.8, 4) is 0 Å². The molecule has 0 radical (unpaired) electrons. The molecule has 0 amide bonds. The van der Waals surface area contributed by atoms with Crippen molar-refractivity contribution in [3.05, 3.63) is 41.2 Å². The minimum absolute atomic E-state index is 0.377. The van der Waals surface area contributed by atoms with Crippen molar-refractivity contribution < 1.29 is 9.90 Å². The van der Waals surface area contributed by atoms with Gasteiger partial charge in [-0.1, -0.05) is 0 Å². The predicted octanol–water partition coefficient (Wildman–Crippen LogP) is 1.77. The van der Waals surface area contributed by atoms with E-state index >= 15 is 0 Å². The van der Waals surface area contributed by atoms with E-state index in [4.69, 9.17) is 5.11 Å².